The molecule has 1 unspecified atom stereocenters. The van der Waals surface area contributed by atoms with E-state index in [1.165, 1.54) is 45.2 Å². The monoisotopic (exact) mass is 486 g/mol. The van der Waals surface area contributed by atoms with E-state index in [1.54, 1.807) is 0 Å². The van der Waals surface area contributed by atoms with Gasteiger partial charge in [-0.2, -0.15) is 0 Å². The molecule has 0 saturated carbocycles. The van der Waals surface area contributed by atoms with Crippen LogP contribution in [0.25, 0.3) is 0 Å². The predicted molar refractivity (Wildman–Crippen MR) is 119 cm³/mol. The van der Waals surface area contributed by atoms with Crippen LogP contribution in [-0.2, 0) is 44.7 Å². The van der Waals surface area contributed by atoms with Gasteiger partial charge in [-0.05, 0) is 29.8 Å². The first kappa shape index (κ1) is 25.7. The van der Waals surface area contributed by atoms with E-state index >= 15 is 0 Å². The molecule has 10 nitrogen and oxygen atoms in total. The van der Waals surface area contributed by atoms with Crippen molar-refractivity contribution in [2.75, 3.05) is 7.11 Å². The molecule has 2 aromatic rings. The molecule has 4 atom stereocenters. The Labute approximate surface area is 202 Å². The Morgan fingerprint density at radius 1 is 0.914 bits per heavy atom. The summed E-state index contributed by atoms with van der Waals surface area (Å²) in [6.07, 6.45) is -4.65. The number of ether oxygens (including phenoxy) is 6. The number of methoxy groups -OCH3 is 1. The van der Waals surface area contributed by atoms with Crippen molar-refractivity contribution in [3.63, 3.8) is 0 Å². The second kappa shape index (κ2) is 12.0. The highest BCUT2D eigenvalue weighted by molar-refractivity contribution is 5.89. The van der Waals surface area contributed by atoms with E-state index in [9.17, 15) is 19.2 Å². The third kappa shape index (κ3) is 7.28. The van der Waals surface area contributed by atoms with Gasteiger partial charge >= 0.3 is 23.9 Å². The summed E-state index contributed by atoms with van der Waals surface area (Å²) in [5.41, 5.74) is 1.15. The zero-order chi connectivity index (χ0) is 25.4. The molecule has 0 N–H and O–H groups in total. The topological polar surface area (TPSA) is 124 Å². The van der Waals surface area contributed by atoms with Crippen LogP contribution in [0.2, 0.25) is 0 Å². The Hall–Kier alpha value is -3.92. The maximum atomic E-state index is 12.3. The lowest BCUT2D eigenvalue weighted by Crippen LogP contribution is -2.55. The molecule has 1 aliphatic rings. The maximum absolute atomic E-state index is 12.3. The first-order chi connectivity index (χ1) is 16.8. The zero-order valence-electron chi connectivity index (χ0n) is 19.5. The molecule has 1 aliphatic heterocycles. The maximum Gasteiger partial charge on any atom is 0.338 e. The van der Waals surface area contributed by atoms with Crippen LogP contribution in [-0.4, -0.2) is 55.6 Å². The Morgan fingerprint density at radius 3 is 2.17 bits per heavy atom. The van der Waals surface area contributed by atoms with Gasteiger partial charge in [0.2, 0.25) is 12.4 Å². The molecule has 10 heteroatoms. The van der Waals surface area contributed by atoms with Crippen molar-refractivity contribution in [2.45, 2.75) is 51.5 Å². The minimum absolute atomic E-state index is 0.0871. The van der Waals surface area contributed by atoms with Crippen molar-refractivity contribution in [1.29, 1.82) is 0 Å². The fourth-order valence-electron chi connectivity index (χ4n) is 3.45. The Bertz CT molecular complexity index is 1030. The number of benzene rings is 2. The summed E-state index contributed by atoms with van der Waals surface area (Å²) >= 11 is 0. The normalized spacial score (nSPS) is 21.3. The van der Waals surface area contributed by atoms with E-state index in [-0.39, 0.29) is 18.8 Å². The molecule has 1 fully saturated rings. The lowest BCUT2D eigenvalue weighted by molar-refractivity contribution is -0.251. The van der Waals surface area contributed by atoms with Crippen molar-refractivity contribution in [3.05, 3.63) is 65.7 Å². The van der Waals surface area contributed by atoms with E-state index in [2.05, 4.69) is 0 Å². The summed E-state index contributed by atoms with van der Waals surface area (Å²) < 4.78 is 32.1. The molecule has 1 heterocycles. The highest BCUT2D eigenvalue weighted by atomic mass is 16.7. The van der Waals surface area contributed by atoms with E-state index in [0.29, 0.717) is 5.56 Å². The van der Waals surface area contributed by atoms with E-state index in [0.717, 1.165) is 5.56 Å². The third-order valence-corrected chi connectivity index (χ3v) is 5.02. The van der Waals surface area contributed by atoms with Gasteiger partial charge in [-0.3, -0.25) is 9.59 Å². The lowest BCUT2D eigenvalue weighted by atomic mass is 10.0. The van der Waals surface area contributed by atoms with Crippen molar-refractivity contribution >= 4 is 23.9 Å². The molecule has 0 spiro atoms. The minimum Gasteiger partial charge on any atom is -0.467 e. The summed E-state index contributed by atoms with van der Waals surface area (Å²) in [5.74, 6) is -2.26. The standard InChI is InChI=1S/C25H26O10/c1-15(26)32-20-13-21(24(29)30-3)35-25(22(20)33-16(2)27)34-19-11-9-18(10-12-19)23(28)31-14-17-7-5-4-6-8-17/h4-12,20-22,25H,13-14H2,1-3H3/t20-,21-,22+,25?/m0/s1. The van der Waals surface area contributed by atoms with Gasteiger partial charge in [-0.1, -0.05) is 30.3 Å². The fraction of sp³-hybridized carbons (Fsp3) is 0.360. The van der Waals surface area contributed by atoms with Crippen LogP contribution in [0.4, 0.5) is 0 Å². The quantitative estimate of drug-likeness (QED) is 0.406. The van der Waals surface area contributed by atoms with E-state index in [4.69, 9.17) is 28.4 Å². The summed E-state index contributed by atoms with van der Waals surface area (Å²) in [5, 5.41) is 0. The number of rotatable bonds is 8. The average molecular weight is 486 g/mol. The summed E-state index contributed by atoms with van der Waals surface area (Å²) in [6, 6.07) is 15.2. The van der Waals surface area contributed by atoms with Gasteiger partial charge in [-0.15, -0.1) is 0 Å². The van der Waals surface area contributed by atoms with Crippen LogP contribution in [0.1, 0.15) is 36.2 Å². The lowest BCUT2D eigenvalue weighted by Gasteiger charge is -2.39. The highest BCUT2D eigenvalue weighted by Crippen LogP contribution is 2.29. The smallest absolute Gasteiger partial charge is 0.338 e. The summed E-state index contributed by atoms with van der Waals surface area (Å²) in [7, 11) is 1.19. The van der Waals surface area contributed by atoms with Gasteiger partial charge in [0.15, 0.2) is 6.10 Å². The first-order valence-electron chi connectivity index (χ1n) is 10.8. The molecule has 0 aliphatic carbocycles. The molecule has 0 radical (unpaired) electrons. The van der Waals surface area contributed by atoms with Gasteiger partial charge < -0.3 is 28.4 Å². The van der Waals surface area contributed by atoms with Gasteiger partial charge in [0, 0.05) is 20.3 Å². The van der Waals surface area contributed by atoms with Crippen molar-refractivity contribution < 1.29 is 47.6 Å². The van der Waals surface area contributed by atoms with E-state index < -0.39 is 48.5 Å². The van der Waals surface area contributed by atoms with Crippen LogP contribution in [0.5, 0.6) is 5.75 Å². The summed E-state index contributed by atoms with van der Waals surface area (Å²) in [4.78, 5) is 47.7. The molecule has 0 bridgehead atoms. The minimum atomic E-state index is -1.29. The Morgan fingerprint density at radius 2 is 1.57 bits per heavy atom. The molecule has 35 heavy (non-hydrogen) atoms. The fourth-order valence-corrected chi connectivity index (χ4v) is 3.45. The van der Waals surface area contributed by atoms with Crippen LogP contribution < -0.4 is 4.74 Å². The zero-order valence-corrected chi connectivity index (χ0v) is 19.5. The first-order valence-corrected chi connectivity index (χ1v) is 10.8. The summed E-state index contributed by atoms with van der Waals surface area (Å²) in [6.45, 7) is 2.51. The number of carbonyl (C=O) groups excluding carboxylic acids is 4. The second-order valence-corrected chi connectivity index (χ2v) is 7.68. The van der Waals surface area contributed by atoms with E-state index in [1.807, 2.05) is 30.3 Å². The molecule has 1 saturated heterocycles. The van der Waals surface area contributed by atoms with Gasteiger partial charge in [0.05, 0.1) is 12.7 Å². The Balaban J connectivity index is 1.72. The predicted octanol–water partition coefficient (Wildman–Crippen LogP) is 2.57. The third-order valence-electron chi connectivity index (χ3n) is 5.02. The van der Waals surface area contributed by atoms with Crippen molar-refractivity contribution in [2.24, 2.45) is 0 Å². The van der Waals surface area contributed by atoms with Gasteiger partial charge in [0.1, 0.15) is 18.5 Å². The van der Waals surface area contributed by atoms with Crippen molar-refractivity contribution in [3.8, 4) is 5.75 Å². The number of hydrogen-bond donors (Lipinski definition) is 0. The van der Waals surface area contributed by atoms with Gasteiger partial charge in [-0.25, -0.2) is 9.59 Å². The molecular weight excluding hydrogens is 460 g/mol. The SMILES string of the molecule is COC(=O)[C@@H]1C[C@H](OC(C)=O)[C@@H](OC(C)=O)C(Oc2ccc(C(=O)OCc3ccccc3)cc2)O1. The second-order valence-electron chi connectivity index (χ2n) is 7.68. The molecule has 186 valence electrons. The molecular formula is C25H26O10. The van der Waals surface area contributed by atoms with Crippen LogP contribution in [0, 0.1) is 0 Å². The van der Waals surface area contributed by atoms with Crippen LogP contribution >= 0.6 is 0 Å². The van der Waals surface area contributed by atoms with Crippen LogP contribution in [0.15, 0.2) is 54.6 Å². The molecule has 2 aromatic carbocycles. The van der Waals surface area contributed by atoms with Gasteiger partial charge in [0.25, 0.3) is 0 Å². The molecule has 0 aromatic heterocycles. The molecule has 3 rings (SSSR count). The van der Waals surface area contributed by atoms with Crippen LogP contribution in [0.3, 0.4) is 0 Å². The molecule has 0 amide bonds. The average Bonchev–Trinajstić information content (AvgIpc) is 2.84. The Kier molecular flexibility index (Phi) is 8.80. The highest BCUT2D eigenvalue weighted by Gasteiger charge is 2.47. The van der Waals surface area contributed by atoms with Crippen molar-refractivity contribution in [1.82, 2.24) is 0 Å². The number of carbonyl (C=O) groups is 4. The largest absolute Gasteiger partial charge is 0.467 e. The number of hydrogen-bond acceptors (Lipinski definition) is 10. The number of esters is 4.